The lowest BCUT2D eigenvalue weighted by molar-refractivity contribution is 0.105. The van der Waals surface area contributed by atoms with Crippen LogP contribution in [-0.2, 0) is 0 Å². The second-order valence-electron chi connectivity index (χ2n) is 3.66. The molecule has 0 aliphatic rings. The maximum Gasteiger partial charge on any atom is 0.195 e. The second-order valence-corrected chi connectivity index (χ2v) is 5.37. The Kier molecular flexibility index (Phi) is 3.77. The number of ketones is 1. The Morgan fingerprint density at radius 3 is 2.65 bits per heavy atom. The van der Waals surface area contributed by atoms with E-state index in [-0.39, 0.29) is 5.78 Å². The van der Waals surface area contributed by atoms with Gasteiger partial charge in [-0.3, -0.25) is 4.79 Å². The number of rotatable bonds is 3. The standard InChI is InChI=1S/C14H11ClOS/c1-10-4-2-3-5-11(10)6-7-12(16)13-8-9-14(15)17-13/h2-9H,1H3/b7-6+. The van der Waals surface area contributed by atoms with Crippen LogP contribution >= 0.6 is 22.9 Å². The number of hydrogen-bond acceptors (Lipinski definition) is 2. The van der Waals surface area contributed by atoms with Crippen molar-refractivity contribution in [1.82, 2.24) is 0 Å². The first-order chi connectivity index (χ1) is 8.16. The molecular weight excluding hydrogens is 252 g/mol. The van der Waals surface area contributed by atoms with Gasteiger partial charge in [0, 0.05) is 0 Å². The first-order valence-electron chi connectivity index (χ1n) is 5.20. The van der Waals surface area contributed by atoms with E-state index < -0.39 is 0 Å². The highest BCUT2D eigenvalue weighted by atomic mass is 35.5. The molecule has 1 aromatic carbocycles. The van der Waals surface area contributed by atoms with Gasteiger partial charge in [-0.05, 0) is 36.3 Å². The van der Waals surface area contributed by atoms with Crippen LogP contribution in [-0.4, -0.2) is 5.78 Å². The maximum absolute atomic E-state index is 11.8. The molecule has 0 amide bonds. The second kappa shape index (κ2) is 5.30. The summed E-state index contributed by atoms with van der Waals surface area (Å²) in [6.45, 7) is 2.02. The average Bonchev–Trinajstić information content (AvgIpc) is 2.74. The van der Waals surface area contributed by atoms with E-state index in [9.17, 15) is 4.79 Å². The minimum Gasteiger partial charge on any atom is -0.288 e. The molecule has 2 rings (SSSR count). The summed E-state index contributed by atoms with van der Waals surface area (Å²) in [5.74, 6) is -0.00912. The molecule has 0 unspecified atom stereocenters. The van der Waals surface area contributed by atoms with Gasteiger partial charge in [-0.15, -0.1) is 11.3 Å². The summed E-state index contributed by atoms with van der Waals surface area (Å²) < 4.78 is 0.637. The van der Waals surface area contributed by atoms with Gasteiger partial charge in [-0.1, -0.05) is 41.9 Å². The summed E-state index contributed by atoms with van der Waals surface area (Å²) in [5.41, 5.74) is 2.21. The van der Waals surface area contributed by atoms with Crippen molar-refractivity contribution in [3.63, 3.8) is 0 Å². The van der Waals surface area contributed by atoms with Crippen LogP contribution in [0, 0.1) is 6.92 Å². The molecule has 0 saturated carbocycles. The van der Waals surface area contributed by atoms with Crippen molar-refractivity contribution >= 4 is 34.8 Å². The minimum absolute atomic E-state index is 0.00912. The molecule has 17 heavy (non-hydrogen) atoms. The van der Waals surface area contributed by atoms with Crippen molar-refractivity contribution in [2.75, 3.05) is 0 Å². The van der Waals surface area contributed by atoms with Crippen LogP contribution in [0.5, 0.6) is 0 Å². The zero-order valence-corrected chi connectivity index (χ0v) is 10.9. The van der Waals surface area contributed by atoms with Gasteiger partial charge in [-0.2, -0.15) is 0 Å². The smallest absolute Gasteiger partial charge is 0.195 e. The third kappa shape index (κ3) is 3.05. The number of allylic oxidation sites excluding steroid dienone is 1. The molecule has 0 bridgehead atoms. The van der Waals surface area contributed by atoms with E-state index >= 15 is 0 Å². The predicted molar refractivity (Wildman–Crippen MR) is 73.9 cm³/mol. The van der Waals surface area contributed by atoms with Gasteiger partial charge in [0.25, 0.3) is 0 Å². The van der Waals surface area contributed by atoms with E-state index in [0.717, 1.165) is 11.1 Å². The van der Waals surface area contributed by atoms with Crippen molar-refractivity contribution in [1.29, 1.82) is 0 Å². The highest BCUT2D eigenvalue weighted by molar-refractivity contribution is 7.18. The van der Waals surface area contributed by atoms with Crippen LogP contribution in [0.25, 0.3) is 6.08 Å². The molecule has 1 nitrogen and oxygen atoms in total. The molecule has 0 spiro atoms. The molecule has 1 aromatic heterocycles. The average molecular weight is 263 g/mol. The third-order valence-electron chi connectivity index (χ3n) is 2.42. The summed E-state index contributed by atoms with van der Waals surface area (Å²) in [7, 11) is 0. The molecule has 0 atom stereocenters. The van der Waals surface area contributed by atoms with Gasteiger partial charge in [-0.25, -0.2) is 0 Å². The maximum atomic E-state index is 11.8. The first-order valence-corrected chi connectivity index (χ1v) is 6.39. The number of carbonyl (C=O) groups is 1. The minimum atomic E-state index is -0.00912. The van der Waals surface area contributed by atoms with Gasteiger partial charge in [0.1, 0.15) is 0 Å². The molecule has 2 aromatic rings. The zero-order valence-electron chi connectivity index (χ0n) is 9.31. The fourth-order valence-electron chi connectivity index (χ4n) is 1.47. The molecular formula is C14H11ClOS. The van der Waals surface area contributed by atoms with Crippen molar-refractivity contribution in [2.24, 2.45) is 0 Å². The Balaban J connectivity index is 2.17. The van der Waals surface area contributed by atoms with Crippen LogP contribution in [0.15, 0.2) is 42.5 Å². The summed E-state index contributed by atoms with van der Waals surface area (Å²) in [5, 5.41) is 0. The number of carbonyl (C=O) groups excluding carboxylic acids is 1. The number of halogens is 1. The molecule has 0 saturated heterocycles. The number of thiophene rings is 1. The van der Waals surface area contributed by atoms with Crippen LogP contribution in [0.3, 0.4) is 0 Å². The SMILES string of the molecule is Cc1ccccc1/C=C/C(=O)c1ccc(Cl)s1. The highest BCUT2D eigenvalue weighted by Gasteiger charge is 2.04. The Bertz CT molecular complexity index is 569. The molecule has 0 aliphatic heterocycles. The number of benzene rings is 1. The summed E-state index contributed by atoms with van der Waals surface area (Å²) in [6.07, 6.45) is 3.43. The molecule has 0 fully saturated rings. The first kappa shape index (κ1) is 12.1. The normalized spacial score (nSPS) is 10.9. The summed E-state index contributed by atoms with van der Waals surface area (Å²) in [4.78, 5) is 12.5. The Hall–Kier alpha value is -1.38. The van der Waals surface area contributed by atoms with Crippen molar-refractivity contribution in [3.8, 4) is 0 Å². The fourth-order valence-corrected chi connectivity index (χ4v) is 2.43. The van der Waals surface area contributed by atoms with Gasteiger partial charge in [0.05, 0.1) is 9.21 Å². The summed E-state index contributed by atoms with van der Waals surface area (Å²) in [6, 6.07) is 11.4. The molecule has 86 valence electrons. The van der Waals surface area contributed by atoms with Crippen LogP contribution < -0.4 is 0 Å². The van der Waals surface area contributed by atoms with E-state index in [1.807, 2.05) is 37.3 Å². The molecule has 1 heterocycles. The van der Waals surface area contributed by atoms with E-state index in [1.165, 1.54) is 11.3 Å². The van der Waals surface area contributed by atoms with E-state index in [1.54, 1.807) is 18.2 Å². The van der Waals surface area contributed by atoms with Gasteiger partial charge < -0.3 is 0 Å². The quantitative estimate of drug-likeness (QED) is 0.583. The lowest BCUT2D eigenvalue weighted by Crippen LogP contribution is -1.89. The molecule has 3 heteroatoms. The predicted octanol–water partition coefficient (Wildman–Crippen LogP) is 4.61. The summed E-state index contributed by atoms with van der Waals surface area (Å²) >= 11 is 7.09. The highest BCUT2D eigenvalue weighted by Crippen LogP contribution is 2.22. The van der Waals surface area contributed by atoms with Crippen molar-refractivity contribution in [3.05, 3.63) is 62.8 Å². The lowest BCUT2D eigenvalue weighted by Gasteiger charge is -1.97. The van der Waals surface area contributed by atoms with Gasteiger partial charge >= 0.3 is 0 Å². The van der Waals surface area contributed by atoms with E-state index in [2.05, 4.69) is 0 Å². The van der Waals surface area contributed by atoms with Crippen molar-refractivity contribution < 1.29 is 4.79 Å². The van der Waals surface area contributed by atoms with Gasteiger partial charge in [0.2, 0.25) is 0 Å². The number of hydrogen-bond donors (Lipinski definition) is 0. The topological polar surface area (TPSA) is 17.1 Å². The van der Waals surface area contributed by atoms with Crippen LogP contribution in [0.1, 0.15) is 20.8 Å². The molecule has 0 aliphatic carbocycles. The Labute approximate surface area is 109 Å². The Morgan fingerprint density at radius 2 is 2.00 bits per heavy atom. The van der Waals surface area contributed by atoms with E-state index in [4.69, 9.17) is 11.6 Å². The monoisotopic (exact) mass is 262 g/mol. The number of aryl methyl sites for hydroxylation is 1. The largest absolute Gasteiger partial charge is 0.288 e. The van der Waals surface area contributed by atoms with Gasteiger partial charge in [0.15, 0.2) is 5.78 Å². The van der Waals surface area contributed by atoms with Crippen LogP contribution in [0.2, 0.25) is 4.34 Å². The fraction of sp³-hybridized carbons (Fsp3) is 0.0714. The third-order valence-corrected chi connectivity index (χ3v) is 3.66. The molecule has 0 radical (unpaired) electrons. The van der Waals surface area contributed by atoms with Crippen LogP contribution in [0.4, 0.5) is 0 Å². The van der Waals surface area contributed by atoms with Crippen molar-refractivity contribution in [2.45, 2.75) is 6.92 Å². The van der Waals surface area contributed by atoms with E-state index in [0.29, 0.717) is 9.21 Å². The zero-order chi connectivity index (χ0) is 12.3. The lowest BCUT2D eigenvalue weighted by atomic mass is 10.1. The Morgan fingerprint density at radius 1 is 1.24 bits per heavy atom. The molecule has 0 N–H and O–H groups in total.